The van der Waals surface area contributed by atoms with Crippen molar-refractivity contribution in [1.29, 1.82) is 0 Å². The molecule has 0 saturated carbocycles. The summed E-state index contributed by atoms with van der Waals surface area (Å²) in [5, 5.41) is 7.89. The molecule has 2 atom stereocenters. The summed E-state index contributed by atoms with van der Waals surface area (Å²) in [7, 11) is 0. The van der Waals surface area contributed by atoms with Crippen molar-refractivity contribution in [1.82, 2.24) is 9.78 Å². The number of quaternary nitrogens is 1. The van der Waals surface area contributed by atoms with Gasteiger partial charge in [0.15, 0.2) is 0 Å². The van der Waals surface area contributed by atoms with Gasteiger partial charge >= 0.3 is 0 Å². The first-order valence-corrected chi connectivity index (χ1v) is 9.56. The minimum absolute atomic E-state index is 0.186. The Hall–Kier alpha value is -2.63. The molecule has 4 rings (SSSR count). The summed E-state index contributed by atoms with van der Waals surface area (Å²) in [4.78, 5) is 14.1. The van der Waals surface area contributed by atoms with Gasteiger partial charge in [0.25, 0.3) is 5.56 Å². The maximum absolute atomic E-state index is 12.6. The molecule has 27 heavy (non-hydrogen) atoms. The highest BCUT2D eigenvalue weighted by atomic mass is 35.5. The lowest BCUT2D eigenvalue weighted by molar-refractivity contribution is -0.901. The normalized spacial score (nSPS) is 19.1. The third-order valence-electron chi connectivity index (χ3n) is 4.96. The molecular weight excluding hydrogens is 360 g/mol. The number of benzene rings is 2. The maximum Gasteiger partial charge on any atom is 0.292 e. The van der Waals surface area contributed by atoms with E-state index in [1.54, 1.807) is 6.20 Å². The van der Waals surface area contributed by atoms with Gasteiger partial charge in [-0.2, -0.15) is 9.78 Å². The van der Waals surface area contributed by atoms with Crippen molar-refractivity contribution in [2.75, 3.05) is 18.4 Å². The molecule has 2 N–H and O–H groups in total. The quantitative estimate of drug-likeness (QED) is 0.712. The number of rotatable bonds is 5. The van der Waals surface area contributed by atoms with E-state index in [4.69, 9.17) is 11.6 Å². The van der Waals surface area contributed by atoms with Crippen LogP contribution in [0.3, 0.4) is 0 Å². The Morgan fingerprint density at radius 2 is 1.81 bits per heavy atom. The molecule has 1 saturated heterocycles. The zero-order valence-electron chi connectivity index (χ0n) is 14.9. The number of anilines is 1. The molecule has 1 unspecified atom stereocenters. The molecule has 1 aromatic heterocycles. The fraction of sp³-hybridized carbons (Fsp3) is 0.238. The average Bonchev–Trinajstić information content (AvgIpc) is 3.14. The molecule has 1 fully saturated rings. The number of hydrogen-bond donors (Lipinski definition) is 2. The monoisotopic (exact) mass is 381 g/mol. The van der Waals surface area contributed by atoms with Gasteiger partial charge in [-0.3, -0.25) is 4.79 Å². The Morgan fingerprint density at radius 1 is 1.11 bits per heavy atom. The fourth-order valence-electron chi connectivity index (χ4n) is 3.61. The Kier molecular flexibility index (Phi) is 5.23. The van der Waals surface area contributed by atoms with Gasteiger partial charge in [-0.1, -0.05) is 60.1 Å². The summed E-state index contributed by atoms with van der Waals surface area (Å²) in [5.74, 6) is 0. The van der Waals surface area contributed by atoms with Gasteiger partial charge in [0, 0.05) is 12.0 Å². The van der Waals surface area contributed by atoms with Crippen molar-refractivity contribution in [2.45, 2.75) is 19.0 Å². The molecule has 0 radical (unpaired) electrons. The van der Waals surface area contributed by atoms with Crippen molar-refractivity contribution in [2.24, 2.45) is 0 Å². The first kappa shape index (κ1) is 17.8. The predicted molar refractivity (Wildman–Crippen MR) is 108 cm³/mol. The van der Waals surface area contributed by atoms with Crippen molar-refractivity contribution in [3.05, 3.63) is 87.8 Å². The van der Waals surface area contributed by atoms with E-state index in [1.807, 2.05) is 36.4 Å². The van der Waals surface area contributed by atoms with Gasteiger partial charge < -0.3 is 10.2 Å². The molecule has 2 heterocycles. The highest BCUT2D eigenvalue weighted by Gasteiger charge is 2.27. The number of nitrogens with one attached hydrogen (secondary N) is 2. The first-order valence-electron chi connectivity index (χ1n) is 9.18. The standard InChI is InChI=1S/C21H21ClN4O/c22-20-19(13-23-26(21(20)27)18-9-5-2-6-10-18)24-17-11-12-25(15-17)14-16-7-3-1-4-8-16/h1-10,13,17,24H,11-12,14-15H2/p+1/t17-/m0/s1. The zero-order valence-corrected chi connectivity index (χ0v) is 15.7. The molecule has 1 aliphatic rings. The number of likely N-dealkylation sites (tertiary alicyclic amines) is 1. The molecule has 6 heteroatoms. The predicted octanol–water partition coefficient (Wildman–Crippen LogP) is 2.16. The highest BCUT2D eigenvalue weighted by molar-refractivity contribution is 6.32. The van der Waals surface area contributed by atoms with Gasteiger partial charge in [-0.15, -0.1) is 0 Å². The van der Waals surface area contributed by atoms with Crippen LogP contribution in [0.15, 0.2) is 71.7 Å². The van der Waals surface area contributed by atoms with Gasteiger partial charge in [0.05, 0.1) is 36.7 Å². The highest BCUT2D eigenvalue weighted by Crippen LogP contribution is 2.18. The van der Waals surface area contributed by atoms with Crippen LogP contribution in [0.4, 0.5) is 5.69 Å². The minimum atomic E-state index is -0.306. The van der Waals surface area contributed by atoms with Gasteiger partial charge in [0.2, 0.25) is 0 Å². The largest absolute Gasteiger partial charge is 0.374 e. The second kappa shape index (κ2) is 7.94. The van der Waals surface area contributed by atoms with Gasteiger partial charge in [-0.25, -0.2) is 0 Å². The number of aromatic nitrogens is 2. The van der Waals surface area contributed by atoms with Crippen LogP contribution in [-0.4, -0.2) is 28.9 Å². The number of para-hydroxylation sites is 1. The zero-order chi connectivity index (χ0) is 18.6. The molecule has 0 aliphatic carbocycles. The minimum Gasteiger partial charge on any atom is -0.374 e. The third kappa shape index (κ3) is 4.04. The van der Waals surface area contributed by atoms with E-state index >= 15 is 0 Å². The summed E-state index contributed by atoms with van der Waals surface area (Å²) in [6.07, 6.45) is 2.69. The van der Waals surface area contributed by atoms with Crippen LogP contribution in [0.1, 0.15) is 12.0 Å². The molecule has 0 bridgehead atoms. The Balaban J connectivity index is 1.44. The average molecular weight is 382 g/mol. The summed E-state index contributed by atoms with van der Waals surface area (Å²) in [5.41, 5.74) is 2.35. The van der Waals surface area contributed by atoms with E-state index in [2.05, 4.69) is 34.7 Å². The van der Waals surface area contributed by atoms with Crippen LogP contribution in [0.25, 0.3) is 5.69 Å². The van der Waals surface area contributed by atoms with Crippen molar-refractivity contribution >= 4 is 17.3 Å². The van der Waals surface area contributed by atoms with Crippen LogP contribution in [0.5, 0.6) is 0 Å². The van der Waals surface area contributed by atoms with Gasteiger partial charge in [0.1, 0.15) is 11.6 Å². The molecular formula is C21H22ClN4O+. The molecule has 1 aliphatic heterocycles. The maximum atomic E-state index is 12.6. The van der Waals surface area contributed by atoms with Crippen LogP contribution in [0, 0.1) is 0 Å². The van der Waals surface area contributed by atoms with E-state index in [-0.39, 0.29) is 16.6 Å². The Morgan fingerprint density at radius 3 is 2.56 bits per heavy atom. The number of nitrogens with zero attached hydrogens (tertiary/aromatic N) is 2. The lowest BCUT2D eigenvalue weighted by atomic mass is 10.2. The lowest BCUT2D eigenvalue weighted by Crippen LogP contribution is -3.09. The molecule has 5 nitrogen and oxygen atoms in total. The third-order valence-corrected chi connectivity index (χ3v) is 5.32. The van der Waals surface area contributed by atoms with E-state index in [1.165, 1.54) is 15.1 Å². The van der Waals surface area contributed by atoms with Crippen molar-refractivity contribution < 1.29 is 4.90 Å². The second-order valence-electron chi connectivity index (χ2n) is 6.92. The Bertz CT molecular complexity index is 959. The fourth-order valence-corrected chi connectivity index (χ4v) is 3.79. The summed E-state index contributed by atoms with van der Waals surface area (Å²) < 4.78 is 1.33. The van der Waals surface area contributed by atoms with Crippen LogP contribution < -0.4 is 15.8 Å². The van der Waals surface area contributed by atoms with E-state index in [9.17, 15) is 4.79 Å². The molecule has 2 aromatic carbocycles. The molecule has 138 valence electrons. The van der Waals surface area contributed by atoms with Gasteiger partial charge in [-0.05, 0) is 12.1 Å². The SMILES string of the molecule is O=c1c(Cl)c(N[C@H]2CC[NH+](Cc3ccccc3)C2)cnn1-c1ccccc1. The second-order valence-corrected chi connectivity index (χ2v) is 7.30. The van der Waals surface area contributed by atoms with E-state index in [0.29, 0.717) is 11.4 Å². The summed E-state index contributed by atoms with van der Waals surface area (Å²) in [6, 6.07) is 20.1. The van der Waals surface area contributed by atoms with Crippen molar-refractivity contribution in [3.63, 3.8) is 0 Å². The number of halogens is 1. The van der Waals surface area contributed by atoms with Crippen LogP contribution in [0.2, 0.25) is 5.02 Å². The van der Waals surface area contributed by atoms with E-state index in [0.717, 1.165) is 26.1 Å². The molecule has 0 amide bonds. The molecule has 3 aromatic rings. The lowest BCUT2D eigenvalue weighted by Gasteiger charge is -2.16. The Labute approximate surface area is 163 Å². The summed E-state index contributed by atoms with van der Waals surface area (Å²) in [6.45, 7) is 3.10. The number of hydrogen-bond acceptors (Lipinski definition) is 3. The van der Waals surface area contributed by atoms with Crippen LogP contribution in [-0.2, 0) is 6.54 Å². The topological polar surface area (TPSA) is 51.4 Å². The first-order chi connectivity index (χ1) is 13.2. The smallest absolute Gasteiger partial charge is 0.292 e. The summed E-state index contributed by atoms with van der Waals surface area (Å²) >= 11 is 6.35. The molecule has 0 spiro atoms. The van der Waals surface area contributed by atoms with Crippen molar-refractivity contribution in [3.8, 4) is 5.69 Å². The van der Waals surface area contributed by atoms with E-state index < -0.39 is 0 Å². The van der Waals surface area contributed by atoms with Crippen LogP contribution >= 0.6 is 11.6 Å².